The van der Waals surface area contributed by atoms with Gasteiger partial charge in [-0.2, -0.15) is 12.6 Å². The van der Waals surface area contributed by atoms with Crippen molar-refractivity contribution in [1.29, 1.82) is 0 Å². The lowest BCUT2D eigenvalue weighted by Gasteiger charge is -2.38. The summed E-state index contributed by atoms with van der Waals surface area (Å²) in [5.41, 5.74) is 1.65. The molecule has 1 fully saturated rings. The van der Waals surface area contributed by atoms with Crippen LogP contribution in [-0.2, 0) is 25.5 Å². The third-order valence-corrected chi connectivity index (χ3v) is 6.98. The SMILES string of the molecule is CC(C)C(S)C(=O)NC1(C(=O)NC(Cc2ccc(-c3ccccc3)cc2)C(=O)O)CCOCC1. The molecule has 2 atom stereocenters. The lowest BCUT2D eigenvalue weighted by molar-refractivity contribution is -0.145. The van der Waals surface area contributed by atoms with E-state index < -0.39 is 28.7 Å². The number of benzene rings is 2. The van der Waals surface area contributed by atoms with Gasteiger partial charge in [-0.05, 0) is 22.6 Å². The largest absolute Gasteiger partial charge is 0.480 e. The van der Waals surface area contributed by atoms with E-state index in [2.05, 4.69) is 23.3 Å². The highest BCUT2D eigenvalue weighted by molar-refractivity contribution is 7.81. The molecule has 0 saturated carbocycles. The first kappa shape index (κ1) is 25.8. The van der Waals surface area contributed by atoms with Gasteiger partial charge in [0.1, 0.15) is 11.6 Å². The average Bonchev–Trinajstić information content (AvgIpc) is 2.84. The number of amides is 2. The average molecular weight is 485 g/mol. The predicted octanol–water partition coefficient (Wildman–Crippen LogP) is 3.09. The van der Waals surface area contributed by atoms with Gasteiger partial charge >= 0.3 is 5.97 Å². The highest BCUT2D eigenvalue weighted by Crippen LogP contribution is 2.24. The minimum absolute atomic E-state index is 0.0195. The quantitative estimate of drug-likeness (QED) is 0.410. The molecule has 2 unspecified atom stereocenters. The monoisotopic (exact) mass is 484 g/mol. The number of carboxylic acid groups (broad SMARTS) is 1. The molecule has 1 aliphatic heterocycles. The van der Waals surface area contributed by atoms with Gasteiger partial charge in [0.15, 0.2) is 0 Å². The zero-order valence-corrected chi connectivity index (χ0v) is 20.4. The van der Waals surface area contributed by atoms with Crippen LogP contribution in [-0.4, -0.2) is 52.9 Å². The van der Waals surface area contributed by atoms with Crippen LogP contribution in [0.2, 0.25) is 0 Å². The second kappa shape index (κ2) is 11.5. The number of aliphatic carboxylic acids is 1. The van der Waals surface area contributed by atoms with Crippen LogP contribution in [0.15, 0.2) is 54.6 Å². The number of nitrogens with one attached hydrogen (secondary N) is 2. The molecule has 2 aromatic carbocycles. The molecule has 3 rings (SSSR count). The molecule has 0 radical (unpaired) electrons. The van der Waals surface area contributed by atoms with Crippen molar-refractivity contribution in [2.75, 3.05) is 13.2 Å². The molecular formula is C26H32N2O5S. The third kappa shape index (κ3) is 6.39. The Morgan fingerprint density at radius 1 is 1.00 bits per heavy atom. The smallest absolute Gasteiger partial charge is 0.326 e. The Bertz CT molecular complexity index is 988. The van der Waals surface area contributed by atoms with Crippen molar-refractivity contribution in [3.8, 4) is 11.1 Å². The lowest BCUT2D eigenvalue weighted by atomic mass is 9.87. The fourth-order valence-electron chi connectivity index (χ4n) is 3.94. The normalized spacial score (nSPS) is 16.9. The maximum absolute atomic E-state index is 13.3. The number of thiol groups is 1. The summed E-state index contributed by atoms with van der Waals surface area (Å²) in [6, 6.07) is 16.3. The first-order valence-corrected chi connectivity index (χ1v) is 12.0. The van der Waals surface area contributed by atoms with E-state index in [0.717, 1.165) is 16.7 Å². The van der Waals surface area contributed by atoms with E-state index in [4.69, 9.17) is 4.74 Å². The van der Waals surface area contributed by atoms with Gasteiger partial charge in [-0.3, -0.25) is 9.59 Å². The van der Waals surface area contributed by atoms with E-state index in [9.17, 15) is 19.5 Å². The highest BCUT2D eigenvalue weighted by atomic mass is 32.1. The van der Waals surface area contributed by atoms with Crippen LogP contribution in [0, 0.1) is 5.92 Å². The van der Waals surface area contributed by atoms with Crippen LogP contribution >= 0.6 is 12.6 Å². The Morgan fingerprint density at radius 3 is 2.15 bits per heavy atom. The molecule has 1 saturated heterocycles. The molecule has 8 heteroatoms. The fourth-order valence-corrected chi connectivity index (χ4v) is 4.00. The minimum Gasteiger partial charge on any atom is -0.480 e. The van der Waals surface area contributed by atoms with Gasteiger partial charge in [0.05, 0.1) is 5.25 Å². The molecule has 0 aliphatic carbocycles. The van der Waals surface area contributed by atoms with E-state index >= 15 is 0 Å². The van der Waals surface area contributed by atoms with Crippen LogP contribution in [0.5, 0.6) is 0 Å². The molecular weight excluding hydrogens is 452 g/mol. The third-order valence-electron chi connectivity index (χ3n) is 6.15. The summed E-state index contributed by atoms with van der Waals surface area (Å²) in [4.78, 5) is 38.0. The number of hydrogen-bond acceptors (Lipinski definition) is 5. The van der Waals surface area contributed by atoms with Gasteiger partial charge < -0.3 is 20.5 Å². The maximum atomic E-state index is 13.3. The number of carbonyl (C=O) groups is 3. The zero-order valence-electron chi connectivity index (χ0n) is 19.5. The van der Waals surface area contributed by atoms with Crippen molar-refractivity contribution < 1.29 is 24.2 Å². The van der Waals surface area contributed by atoms with Crippen LogP contribution in [0.1, 0.15) is 32.3 Å². The van der Waals surface area contributed by atoms with Crippen molar-refractivity contribution >= 4 is 30.4 Å². The van der Waals surface area contributed by atoms with Gasteiger partial charge in [0, 0.05) is 32.5 Å². The lowest BCUT2D eigenvalue weighted by Crippen LogP contribution is -2.64. The van der Waals surface area contributed by atoms with Crippen molar-refractivity contribution in [2.24, 2.45) is 5.92 Å². The zero-order chi connectivity index (χ0) is 24.7. The van der Waals surface area contributed by atoms with Crippen LogP contribution in [0.3, 0.4) is 0 Å². The number of carbonyl (C=O) groups excluding carboxylic acids is 2. The highest BCUT2D eigenvalue weighted by Gasteiger charge is 2.43. The van der Waals surface area contributed by atoms with Crippen molar-refractivity contribution in [3.63, 3.8) is 0 Å². The van der Waals surface area contributed by atoms with Gasteiger partial charge in [-0.15, -0.1) is 0 Å². The summed E-state index contributed by atoms with van der Waals surface area (Å²) in [7, 11) is 0. The second-order valence-corrected chi connectivity index (χ2v) is 9.56. The summed E-state index contributed by atoms with van der Waals surface area (Å²) >= 11 is 4.36. The summed E-state index contributed by atoms with van der Waals surface area (Å²) in [5.74, 6) is -2.02. The van der Waals surface area contributed by atoms with Gasteiger partial charge in [0.2, 0.25) is 11.8 Å². The summed E-state index contributed by atoms with van der Waals surface area (Å²) in [6.07, 6.45) is 0.653. The molecule has 3 N–H and O–H groups in total. The molecule has 0 spiro atoms. The van der Waals surface area contributed by atoms with E-state index in [1.165, 1.54) is 0 Å². The second-order valence-electron chi connectivity index (χ2n) is 9.00. The van der Waals surface area contributed by atoms with E-state index in [1.807, 2.05) is 68.4 Å². The van der Waals surface area contributed by atoms with E-state index in [-0.39, 0.29) is 31.1 Å². The Hall–Kier alpha value is -2.84. The van der Waals surface area contributed by atoms with Crippen molar-refractivity contribution in [1.82, 2.24) is 10.6 Å². The summed E-state index contributed by atoms with van der Waals surface area (Å²) in [6.45, 7) is 4.34. The Kier molecular flexibility index (Phi) is 8.74. The standard InChI is InChI=1S/C26H32N2O5S/c1-17(2)22(34)23(29)28-26(12-14-33-15-13-26)25(32)27-21(24(30)31)16-18-8-10-20(11-9-18)19-6-4-3-5-7-19/h3-11,17,21-22,34H,12-16H2,1-2H3,(H,27,32)(H,28,29)(H,30,31). The first-order valence-electron chi connectivity index (χ1n) is 11.5. The number of ether oxygens (including phenoxy) is 1. The maximum Gasteiger partial charge on any atom is 0.326 e. The molecule has 2 amide bonds. The number of hydrogen-bond donors (Lipinski definition) is 4. The molecule has 1 heterocycles. The van der Waals surface area contributed by atoms with E-state index in [0.29, 0.717) is 13.2 Å². The van der Waals surface area contributed by atoms with E-state index in [1.54, 1.807) is 0 Å². The van der Waals surface area contributed by atoms with Gasteiger partial charge in [0.25, 0.3) is 0 Å². The molecule has 0 aromatic heterocycles. The molecule has 0 bridgehead atoms. The topological polar surface area (TPSA) is 105 Å². The fraction of sp³-hybridized carbons (Fsp3) is 0.423. The van der Waals surface area contributed by atoms with Crippen LogP contribution in [0.25, 0.3) is 11.1 Å². The van der Waals surface area contributed by atoms with Crippen LogP contribution < -0.4 is 10.6 Å². The molecule has 7 nitrogen and oxygen atoms in total. The number of rotatable bonds is 9. The molecule has 2 aromatic rings. The summed E-state index contributed by atoms with van der Waals surface area (Å²) < 4.78 is 5.39. The van der Waals surface area contributed by atoms with Gasteiger partial charge in [-0.1, -0.05) is 68.4 Å². The molecule has 182 valence electrons. The molecule has 1 aliphatic rings. The van der Waals surface area contributed by atoms with Crippen molar-refractivity contribution in [2.45, 2.75) is 49.9 Å². The van der Waals surface area contributed by atoms with Crippen LogP contribution in [0.4, 0.5) is 0 Å². The predicted molar refractivity (Wildman–Crippen MR) is 134 cm³/mol. The first-order chi connectivity index (χ1) is 16.2. The van der Waals surface area contributed by atoms with Gasteiger partial charge in [-0.25, -0.2) is 4.79 Å². The van der Waals surface area contributed by atoms with Crippen molar-refractivity contribution in [3.05, 3.63) is 60.2 Å². The Balaban J connectivity index is 1.73. The molecule has 34 heavy (non-hydrogen) atoms. The minimum atomic E-state index is -1.23. The Labute approximate surface area is 205 Å². The number of carboxylic acids is 1. The summed E-state index contributed by atoms with van der Waals surface area (Å²) in [5, 5.41) is 14.7. The Morgan fingerprint density at radius 2 is 1.59 bits per heavy atom.